The van der Waals surface area contributed by atoms with E-state index in [1.54, 1.807) is 19.2 Å². The number of benzene rings is 1. The van der Waals surface area contributed by atoms with Crippen LogP contribution in [0.25, 0.3) is 0 Å². The van der Waals surface area contributed by atoms with Crippen molar-refractivity contribution in [2.45, 2.75) is 31.1 Å². The molecule has 0 spiro atoms. The second kappa shape index (κ2) is 7.06. The van der Waals surface area contributed by atoms with Crippen LogP contribution in [-0.2, 0) is 10.0 Å². The molecule has 1 aromatic rings. The van der Waals surface area contributed by atoms with Crippen LogP contribution in [0.2, 0.25) is 0 Å². The van der Waals surface area contributed by atoms with E-state index >= 15 is 0 Å². The van der Waals surface area contributed by atoms with E-state index in [-0.39, 0.29) is 10.6 Å². The molecule has 0 atom stereocenters. The Morgan fingerprint density at radius 3 is 2.42 bits per heavy atom. The Morgan fingerprint density at radius 1 is 1.26 bits per heavy atom. The van der Waals surface area contributed by atoms with Crippen molar-refractivity contribution in [3.8, 4) is 0 Å². The van der Waals surface area contributed by atoms with Crippen molar-refractivity contribution in [1.82, 2.24) is 4.31 Å². The SMILES string of the molecule is CCCCCN(C)S(=O)(=O)c1c(N)cc(Br)cc1Br. The molecule has 4 nitrogen and oxygen atoms in total. The van der Waals surface area contributed by atoms with Gasteiger partial charge in [-0.3, -0.25) is 0 Å². The van der Waals surface area contributed by atoms with Crippen LogP contribution in [0, 0.1) is 0 Å². The van der Waals surface area contributed by atoms with E-state index in [1.165, 1.54) is 4.31 Å². The minimum Gasteiger partial charge on any atom is -0.398 e. The molecule has 1 rings (SSSR count). The number of halogens is 2. The lowest BCUT2D eigenvalue weighted by molar-refractivity contribution is 0.454. The van der Waals surface area contributed by atoms with Gasteiger partial charge in [0, 0.05) is 22.5 Å². The lowest BCUT2D eigenvalue weighted by atomic mass is 10.2. The van der Waals surface area contributed by atoms with Crippen molar-refractivity contribution in [3.63, 3.8) is 0 Å². The van der Waals surface area contributed by atoms with Gasteiger partial charge in [0.05, 0.1) is 5.69 Å². The fourth-order valence-corrected chi connectivity index (χ4v) is 4.93. The Balaban J connectivity index is 3.07. The lowest BCUT2D eigenvalue weighted by Crippen LogP contribution is -2.29. The third kappa shape index (κ3) is 4.18. The van der Waals surface area contributed by atoms with Gasteiger partial charge in [0.15, 0.2) is 0 Å². The van der Waals surface area contributed by atoms with E-state index < -0.39 is 10.0 Å². The Labute approximate surface area is 131 Å². The number of nitrogens with two attached hydrogens (primary N) is 1. The molecule has 19 heavy (non-hydrogen) atoms. The number of nitrogen functional groups attached to an aromatic ring is 1. The predicted octanol–water partition coefficient (Wildman–Crippen LogP) is 3.60. The van der Waals surface area contributed by atoms with E-state index in [4.69, 9.17) is 5.73 Å². The Hall–Kier alpha value is -0.110. The van der Waals surface area contributed by atoms with Gasteiger partial charge in [-0.15, -0.1) is 0 Å². The Morgan fingerprint density at radius 2 is 1.89 bits per heavy atom. The second-order valence-electron chi connectivity index (χ2n) is 4.34. The highest BCUT2D eigenvalue weighted by Crippen LogP contribution is 2.33. The van der Waals surface area contributed by atoms with Crippen LogP contribution < -0.4 is 5.73 Å². The zero-order valence-corrected chi connectivity index (χ0v) is 15.0. The summed E-state index contributed by atoms with van der Waals surface area (Å²) in [6, 6.07) is 3.28. The molecule has 0 aliphatic rings. The summed E-state index contributed by atoms with van der Waals surface area (Å²) >= 11 is 6.55. The fraction of sp³-hybridized carbons (Fsp3) is 0.500. The van der Waals surface area contributed by atoms with Gasteiger partial charge in [-0.1, -0.05) is 35.7 Å². The van der Waals surface area contributed by atoms with Gasteiger partial charge in [-0.05, 0) is 34.5 Å². The number of rotatable bonds is 6. The summed E-state index contributed by atoms with van der Waals surface area (Å²) in [6.45, 7) is 2.58. The molecule has 2 N–H and O–H groups in total. The van der Waals surface area contributed by atoms with Crippen molar-refractivity contribution in [1.29, 1.82) is 0 Å². The van der Waals surface area contributed by atoms with Gasteiger partial charge in [-0.25, -0.2) is 12.7 Å². The summed E-state index contributed by atoms with van der Waals surface area (Å²) < 4.78 is 27.5. The highest BCUT2D eigenvalue weighted by molar-refractivity contribution is 9.11. The third-order valence-corrected chi connectivity index (χ3v) is 6.10. The zero-order valence-electron chi connectivity index (χ0n) is 11.0. The average molecular weight is 414 g/mol. The first kappa shape index (κ1) is 16.9. The number of hydrogen-bond donors (Lipinski definition) is 1. The van der Waals surface area contributed by atoms with Crippen LogP contribution in [0.1, 0.15) is 26.2 Å². The lowest BCUT2D eigenvalue weighted by Gasteiger charge is -2.19. The van der Waals surface area contributed by atoms with Gasteiger partial charge in [0.25, 0.3) is 0 Å². The van der Waals surface area contributed by atoms with Crippen molar-refractivity contribution in [2.75, 3.05) is 19.3 Å². The standard InChI is InChI=1S/C12H18Br2N2O2S/c1-3-4-5-6-16(2)19(17,18)12-10(14)7-9(13)8-11(12)15/h7-8H,3-6,15H2,1-2H3. The topological polar surface area (TPSA) is 63.4 Å². The monoisotopic (exact) mass is 412 g/mol. The first-order valence-corrected chi connectivity index (χ1v) is 9.04. The molecule has 0 fully saturated rings. The highest BCUT2D eigenvalue weighted by Gasteiger charge is 2.25. The highest BCUT2D eigenvalue weighted by atomic mass is 79.9. The first-order valence-electron chi connectivity index (χ1n) is 6.01. The van der Waals surface area contributed by atoms with E-state index in [2.05, 4.69) is 38.8 Å². The number of sulfonamides is 1. The van der Waals surface area contributed by atoms with Crippen LogP contribution in [0.15, 0.2) is 26.0 Å². The Bertz CT molecular complexity index is 524. The maximum Gasteiger partial charge on any atom is 0.245 e. The normalized spacial score (nSPS) is 12.1. The average Bonchev–Trinajstić information content (AvgIpc) is 2.27. The molecule has 0 saturated heterocycles. The molecular formula is C12H18Br2N2O2S. The van der Waals surface area contributed by atoms with Gasteiger partial charge in [0.2, 0.25) is 10.0 Å². The Kier molecular flexibility index (Phi) is 6.29. The van der Waals surface area contributed by atoms with Crippen molar-refractivity contribution in [2.24, 2.45) is 0 Å². The van der Waals surface area contributed by atoms with Gasteiger partial charge >= 0.3 is 0 Å². The molecule has 0 heterocycles. The molecule has 108 valence electrons. The third-order valence-electron chi connectivity index (χ3n) is 2.78. The molecule has 0 amide bonds. The molecule has 0 bridgehead atoms. The van der Waals surface area contributed by atoms with Gasteiger partial charge < -0.3 is 5.73 Å². The summed E-state index contributed by atoms with van der Waals surface area (Å²) in [7, 11) is -1.97. The summed E-state index contributed by atoms with van der Waals surface area (Å²) in [5.74, 6) is 0. The largest absolute Gasteiger partial charge is 0.398 e. The van der Waals surface area contributed by atoms with E-state index in [1.807, 2.05) is 0 Å². The minimum absolute atomic E-state index is 0.134. The van der Waals surface area contributed by atoms with Crippen molar-refractivity contribution >= 4 is 47.6 Å². The molecule has 0 aliphatic heterocycles. The number of anilines is 1. The van der Waals surface area contributed by atoms with E-state index in [0.717, 1.165) is 23.7 Å². The molecule has 0 radical (unpaired) electrons. The van der Waals surface area contributed by atoms with Crippen LogP contribution in [0.5, 0.6) is 0 Å². The summed E-state index contributed by atoms with van der Waals surface area (Å²) in [5, 5.41) is 0. The van der Waals surface area contributed by atoms with Gasteiger partial charge in [0.1, 0.15) is 4.90 Å². The quantitative estimate of drug-likeness (QED) is 0.572. The smallest absolute Gasteiger partial charge is 0.245 e. The van der Waals surface area contributed by atoms with Gasteiger partial charge in [-0.2, -0.15) is 0 Å². The van der Waals surface area contributed by atoms with Crippen LogP contribution in [0.3, 0.4) is 0 Å². The molecule has 0 aromatic heterocycles. The molecule has 0 saturated carbocycles. The molecular weight excluding hydrogens is 396 g/mol. The molecule has 7 heteroatoms. The zero-order chi connectivity index (χ0) is 14.6. The molecule has 1 aromatic carbocycles. The predicted molar refractivity (Wildman–Crippen MR) is 85.6 cm³/mol. The number of hydrogen-bond acceptors (Lipinski definition) is 3. The van der Waals surface area contributed by atoms with Crippen molar-refractivity contribution < 1.29 is 8.42 Å². The van der Waals surface area contributed by atoms with Crippen LogP contribution in [0.4, 0.5) is 5.69 Å². The summed E-state index contributed by atoms with van der Waals surface area (Å²) in [6.07, 6.45) is 2.91. The molecule has 0 unspecified atom stereocenters. The second-order valence-corrected chi connectivity index (χ2v) is 8.09. The number of unbranched alkanes of at least 4 members (excludes halogenated alkanes) is 2. The van der Waals surface area contributed by atoms with Crippen LogP contribution in [-0.4, -0.2) is 26.3 Å². The van der Waals surface area contributed by atoms with E-state index in [9.17, 15) is 8.42 Å². The maximum atomic E-state index is 12.5. The molecule has 0 aliphatic carbocycles. The summed E-state index contributed by atoms with van der Waals surface area (Å²) in [4.78, 5) is 0.134. The fourth-order valence-electron chi connectivity index (χ4n) is 1.71. The summed E-state index contributed by atoms with van der Waals surface area (Å²) in [5.41, 5.74) is 6.07. The minimum atomic E-state index is -3.56. The maximum absolute atomic E-state index is 12.5. The number of nitrogens with zero attached hydrogens (tertiary/aromatic N) is 1. The van der Waals surface area contributed by atoms with Crippen LogP contribution >= 0.6 is 31.9 Å². The van der Waals surface area contributed by atoms with Crippen molar-refractivity contribution in [3.05, 3.63) is 21.1 Å². The van der Waals surface area contributed by atoms with E-state index in [0.29, 0.717) is 11.0 Å². The first-order chi connectivity index (χ1) is 8.80.